The minimum absolute atomic E-state index is 0.0500. The molecular weight excluding hydrogens is 394 g/mol. The van der Waals surface area contributed by atoms with Crippen LogP contribution in [0.1, 0.15) is 16.3 Å². The van der Waals surface area contributed by atoms with Crippen LogP contribution in [0.3, 0.4) is 0 Å². The summed E-state index contributed by atoms with van der Waals surface area (Å²) in [6.07, 6.45) is 1.37. The number of methoxy groups -OCH3 is 3. The molecule has 0 spiro atoms. The first-order valence-electron chi connectivity index (χ1n) is 8.76. The fourth-order valence-corrected chi connectivity index (χ4v) is 2.93. The Kier molecular flexibility index (Phi) is 4.92. The first-order chi connectivity index (χ1) is 14.5. The first-order valence-corrected chi connectivity index (χ1v) is 8.76. The average Bonchev–Trinajstić information content (AvgIpc) is 3.42. The number of ether oxygens (including phenoxy) is 3. The molecule has 0 N–H and O–H groups in total. The maximum Gasteiger partial charge on any atom is 0.373 e. The summed E-state index contributed by atoms with van der Waals surface area (Å²) in [4.78, 5) is 28.7. The lowest BCUT2D eigenvalue weighted by molar-refractivity contribution is 0.0563. The summed E-state index contributed by atoms with van der Waals surface area (Å²) in [6.45, 7) is 0.0714. The van der Waals surface area contributed by atoms with Gasteiger partial charge in [-0.2, -0.15) is 4.68 Å². The molecule has 0 saturated heterocycles. The molecule has 0 fully saturated rings. The number of fused-ring (bicyclic) bond motifs is 1. The lowest BCUT2D eigenvalue weighted by Crippen LogP contribution is -2.21. The van der Waals surface area contributed by atoms with Crippen molar-refractivity contribution in [1.29, 1.82) is 0 Å². The molecule has 1 aromatic carbocycles. The Morgan fingerprint density at radius 2 is 1.90 bits per heavy atom. The predicted octanol–water partition coefficient (Wildman–Crippen LogP) is 1.42. The molecule has 0 radical (unpaired) electrons. The number of rotatable bonds is 6. The second kappa shape index (κ2) is 7.70. The molecule has 0 unspecified atom stereocenters. The zero-order valence-electron chi connectivity index (χ0n) is 16.4. The van der Waals surface area contributed by atoms with E-state index in [2.05, 4.69) is 20.0 Å². The molecule has 0 bridgehead atoms. The van der Waals surface area contributed by atoms with Gasteiger partial charge >= 0.3 is 5.97 Å². The van der Waals surface area contributed by atoms with Crippen molar-refractivity contribution in [3.8, 4) is 17.2 Å². The van der Waals surface area contributed by atoms with Crippen LogP contribution in [-0.2, 0) is 11.3 Å². The standard InChI is InChI=1S/C19H17N5O6/c1-27-13-6-4-11(8-15(13)28-2)24-17-16(21-22-24)18(25)23(10-20-17)9-12-5-7-14(30-12)19(26)29-3/h4-8,10H,9H2,1-3H3. The van der Waals surface area contributed by atoms with Crippen LogP contribution >= 0.6 is 0 Å². The van der Waals surface area contributed by atoms with Gasteiger partial charge in [0.25, 0.3) is 5.56 Å². The molecular formula is C19H17N5O6. The topological polar surface area (TPSA) is 124 Å². The van der Waals surface area contributed by atoms with Gasteiger partial charge in [0.15, 0.2) is 22.7 Å². The van der Waals surface area contributed by atoms with Crippen LogP contribution in [0.15, 0.2) is 45.9 Å². The third-order valence-electron chi connectivity index (χ3n) is 4.42. The highest BCUT2D eigenvalue weighted by molar-refractivity contribution is 5.86. The van der Waals surface area contributed by atoms with Gasteiger partial charge in [-0.25, -0.2) is 9.78 Å². The summed E-state index contributed by atoms with van der Waals surface area (Å²) >= 11 is 0. The van der Waals surface area contributed by atoms with Crippen molar-refractivity contribution in [3.63, 3.8) is 0 Å². The fraction of sp³-hybridized carbons (Fsp3) is 0.211. The van der Waals surface area contributed by atoms with Crippen LogP contribution < -0.4 is 15.0 Å². The highest BCUT2D eigenvalue weighted by atomic mass is 16.5. The highest BCUT2D eigenvalue weighted by Gasteiger charge is 2.17. The van der Waals surface area contributed by atoms with E-state index in [-0.39, 0.29) is 23.5 Å². The van der Waals surface area contributed by atoms with E-state index < -0.39 is 11.5 Å². The molecule has 4 aromatic rings. The van der Waals surface area contributed by atoms with E-state index in [9.17, 15) is 9.59 Å². The van der Waals surface area contributed by atoms with Crippen molar-refractivity contribution in [1.82, 2.24) is 24.5 Å². The van der Waals surface area contributed by atoms with Crippen molar-refractivity contribution < 1.29 is 23.4 Å². The molecule has 4 rings (SSSR count). The van der Waals surface area contributed by atoms with Gasteiger partial charge in [-0.3, -0.25) is 9.36 Å². The highest BCUT2D eigenvalue weighted by Crippen LogP contribution is 2.29. The predicted molar refractivity (Wildman–Crippen MR) is 103 cm³/mol. The van der Waals surface area contributed by atoms with Crippen molar-refractivity contribution in [3.05, 3.63) is 58.5 Å². The van der Waals surface area contributed by atoms with Gasteiger partial charge in [0, 0.05) is 6.07 Å². The zero-order valence-corrected chi connectivity index (χ0v) is 16.4. The van der Waals surface area contributed by atoms with E-state index in [0.717, 1.165) is 0 Å². The average molecular weight is 411 g/mol. The van der Waals surface area contributed by atoms with Gasteiger partial charge in [0.2, 0.25) is 5.76 Å². The molecule has 3 aromatic heterocycles. The molecule has 0 aliphatic heterocycles. The molecule has 11 heteroatoms. The summed E-state index contributed by atoms with van der Waals surface area (Å²) in [6, 6.07) is 8.24. The van der Waals surface area contributed by atoms with Gasteiger partial charge in [0.05, 0.1) is 33.6 Å². The summed E-state index contributed by atoms with van der Waals surface area (Å²) in [5.41, 5.74) is 0.585. The zero-order chi connectivity index (χ0) is 21.3. The number of benzene rings is 1. The largest absolute Gasteiger partial charge is 0.493 e. The van der Waals surface area contributed by atoms with Crippen LogP contribution in [0.2, 0.25) is 0 Å². The Hall–Kier alpha value is -4.15. The fourth-order valence-electron chi connectivity index (χ4n) is 2.93. The minimum atomic E-state index is -0.597. The Morgan fingerprint density at radius 3 is 2.63 bits per heavy atom. The monoisotopic (exact) mass is 411 g/mol. The lowest BCUT2D eigenvalue weighted by atomic mass is 10.2. The number of esters is 1. The Morgan fingerprint density at radius 1 is 1.10 bits per heavy atom. The number of aromatic nitrogens is 5. The smallest absolute Gasteiger partial charge is 0.373 e. The lowest BCUT2D eigenvalue weighted by Gasteiger charge is -2.09. The van der Waals surface area contributed by atoms with Gasteiger partial charge in [0.1, 0.15) is 12.1 Å². The maximum absolute atomic E-state index is 12.8. The van der Waals surface area contributed by atoms with E-state index in [1.165, 1.54) is 35.9 Å². The number of carbonyl (C=O) groups excluding carboxylic acids is 1. The number of carbonyl (C=O) groups is 1. The van der Waals surface area contributed by atoms with E-state index >= 15 is 0 Å². The van der Waals surface area contributed by atoms with Gasteiger partial charge in [-0.15, -0.1) is 5.10 Å². The number of nitrogens with zero attached hydrogens (tertiary/aromatic N) is 5. The van der Waals surface area contributed by atoms with Crippen molar-refractivity contribution in [2.45, 2.75) is 6.54 Å². The summed E-state index contributed by atoms with van der Waals surface area (Å²) in [7, 11) is 4.33. The number of hydrogen-bond acceptors (Lipinski definition) is 9. The maximum atomic E-state index is 12.8. The van der Waals surface area contributed by atoms with Gasteiger partial charge in [-0.1, -0.05) is 5.21 Å². The Bertz CT molecular complexity index is 1290. The van der Waals surface area contributed by atoms with Gasteiger partial charge in [-0.05, 0) is 24.3 Å². The summed E-state index contributed by atoms with van der Waals surface area (Å²) in [5.74, 6) is 0.914. The molecule has 0 amide bonds. The second-order valence-electron chi connectivity index (χ2n) is 6.15. The Balaban J connectivity index is 1.69. The minimum Gasteiger partial charge on any atom is -0.493 e. The normalized spacial score (nSPS) is 10.9. The SMILES string of the molecule is COC(=O)c1ccc(Cn2cnc3c(nnn3-c3ccc(OC)c(OC)c3)c2=O)o1. The number of hydrogen-bond donors (Lipinski definition) is 0. The van der Waals surface area contributed by atoms with Crippen LogP contribution in [-0.4, -0.2) is 51.8 Å². The Labute approximate surface area is 169 Å². The molecule has 3 heterocycles. The first kappa shape index (κ1) is 19.2. The third kappa shape index (κ3) is 3.26. The van der Waals surface area contributed by atoms with Crippen molar-refractivity contribution >= 4 is 17.1 Å². The number of furan rings is 1. The van der Waals surface area contributed by atoms with E-state index in [1.54, 1.807) is 31.4 Å². The van der Waals surface area contributed by atoms with Crippen molar-refractivity contribution in [2.24, 2.45) is 0 Å². The van der Waals surface area contributed by atoms with E-state index in [0.29, 0.717) is 22.9 Å². The van der Waals surface area contributed by atoms with E-state index in [4.69, 9.17) is 13.9 Å². The van der Waals surface area contributed by atoms with Gasteiger partial charge < -0.3 is 18.6 Å². The van der Waals surface area contributed by atoms with E-state index in [1.807, 2.05) is 0 Å². The van der Waals surface area contributed by atoms with Crippen LogP contribution in [0.5, 0.6) is 11.5 Å². The molecule has 0 aliphatic rings. The summed E-state index contributed by atoms with van der Waals surface area (Å²) < 4.78 is 23.3. The van der Waals surface area contributed by atoms with Crippen molar-refractivity contribution in [2.75, 3.05) is 21.3 Å². The molecule has 0 atom stereocenters. The molecule has 30 heavy (non-hydrogen) atoms. The van der Waals surface area contributed by atoms with Crippen LogP contribution in [0.4, 0.5) is 0 Å². The summed E-state index contributed by atoms with van der Waals surface area (Å²) in [5, 5.41) is 8.04. The molecule has 11 nitrogen and oxygen atoms in total. The second-order valence-corrected chi connectivity index (χ2v) is 6.15. The van der Waals surface area contributed by atoms with Crippen LogP contribution in [0.25, 0.3) is 16.9 Å². The molecule has 0 saturated carbocycles. The van der Waals surface area contributed by atoms with Crippen LogP contribution in [0, 0.1) is 0 Å². The molecule has 154 valence electrons. The molecule has 0 aliphatic carbocycles. The third-order valence-corrected chi connectivity index (χ3v) is 4.42. The quantitative estimate of drug-likeness (QED) is 0.433.